The van der Waals surface area contributed by atoms with Crippen LogP contribution in [0.15, 0.2) is 0 Å². The van der Waals surface area contributed by atoms with Gasteiger partial charge in [0.1, 0.15) is 0 Å². The van der Waals surface area contributed by atoms with E-state index >= 15 is 0 Å². The summed E-state index contributed by atoms with van der Waals surface area (Å²) in [4.78, 5) is 0. The Kier molecular flexibility index (Phi) is 1170. The second-order valence-electron chi connectivity index (χ2n) is 0. The maximum atomic E-state index is 0. The molecule has 7 heteroatoms. The van der Waals surface area contributed by atoms with Crippen LogP contribution in [0.2, 0.25) is 0 Å². The molecule has 0 fully saturated rings. The number of hydrogen-bond acceptors (Lipinski definition) is 0. The van der Waals surface area contributed by atoms with Gasteiger partial charge in [0.2, 0.25) is 0 Å². The molecule has 0 aliphatic heterocycles. The fourth-order valence-corrected chi connectivity index (χ4v) is 0. The molecule has 0 aromatic heterocycles. The second-order valence-corrected chi connectivity index (χ2v) is 0. The van der Waals surface area contributed by atoms with E-state index in [2.05, 4.69) is 0 Å². The van der Waals surface area contributed by atoms with Crippen molar-refractivity contribution in [3.05, 3.63) is 0 Å². The van der Waals surface area contributed by atoms with Crippen LogP contribution >= 0.6 is 74.4 Å². The molecule has 0 rings (SSSR count). The standard InChI is InChI=1S/6ClH.HTe/h7*1H. The third kappa shape index (κ3) is 56.8. The molecule has 0 bridgehead atoms. The van der Waals surface area contributed by atoms with Gasteiger partial charge in [-0.25, -0.2) is 0 Å². The number of halogens is 6. The summed E-state index contributed by atoms with van der Waals surface area (Å²) in [6.07, 6.45) is 0. The molecule has 7 heavy (non-hydrogen) atoms. The molecule has 0 spiro atoms. The third-order valence-electron chi connectivity index (χ3n) is 0. The fraction of sp³-hybridized carbons (Fsp3) is 0. The summed E-state index contributed by atoms with van der Waals surface area (Å²) < 4.78 is 0. The topological polar surface area (TPSA) is 0 Å². The first-order valence-electron chi connectivity index (χ1n) is 0. The van der Waals surface area contributed by atoms with E-state index in [4.69, 9.17) is 0 Å². The number of rotatable bonds is 0. The van der Waals surface area contributed by atoms with Crippen molar-refractivity contribution in [2.45, 2.75) is 0 Å². The summed E-state index contributed by atoms with van der Waals surface area (Å²) >= 11 is 0. The average molecular weight is 347 g/mol. The maximum absolute atomic E-state index is 0. The third-order valence-corrected chi connectivity index (χ3v) is 0. The monoisotopic (exact) mass is 347 g/mol. The Hall–Kier alpha value is 2.53. The molecule has 0 N–H and O–H groups in total. The van der Waals surface area contributed by atoms with Crippen molar-refractivity contribution >= 4 is 98.1 Å². The van der Waals surface area contributed by atoms with Crippen LogP contribution in [0.4, 0.5) is 0 Å². The van der Waals surface area contributed by atoms with Crippen LogP contribution in [0.5, 0.6) is 0 Å². The summed E-state index contributed by atoms with van der Waals surface area (Å²) in [6.45, 7) is 0. The van der Waals surface area contributed by atoms with Crippen molar-refractivity contribution < 1.29 is 0 Å². The van der Waals surface area contributed by atoms with Crippen molar-refractivity contribution in [3.63, 3.8) is 0 Å². The van der Waals surface area contributed by atoms with E-state index in [-0.39, 0.29) is 98.1 Å². The molecule has 0 unspecified atom stereocenters. The van der Waals surface area contributed by atoms with Crippen molar-refractivity contribution in [1.29, 1.82) is 0 Å². The predicted molar refractivity (Wildman–Crippen MR) is 50.6 cm³/mol. The van der Waals surface area contributed by atoms with Gasteiger partial charge in [-0.3, -0.25) is 0 Å². The van der Waals surface area contributed by atoms with Gasteiger partial charge in [0.15, 0.2) is 0 Å². The van der Waals surface area contributed by atoms with Crippen molar-refractivity contribution in [2.24, 2.45) is 0 Å². The Morgan fingerprint density at radius 3 is 0.286 bits per heavy atom. The zero-order chi connectivity index (χ0) is 0. The molecule has 1 radical (unpaired) electrons. The molecule has 0 saturated heterocycles. The van der Waals surface area contributed by atoms with Crippen LogP contribution in [0, 0.1) is 0 Å². The summed E-state index contributed by atoms with van der Waals surface area (Å²) in [6, 6.07) is 0. The minimum atomic E-state index is 0. The molecule has 0 aromatic carbocycles. The van der Waals surface area contributed by atoms with Crippen LogP contribution in [-0.2, 0) is 0 Å². The van der Waals surface area contributed by atoms with Gasteiger partial charge in [-0.1, -0.05) is 0 Å². The molecule has 0 aliphatic rings. The first kappa shape index (κ1) is 108. The van der Waals surface area contributed by atoms with Crippen LogP contribution in [-0.4, -0.2) is 23.7 Å². The zero-order valence-corrected chi connectivity index (χ0v) is 10.3. The van der Waals surface area contributed by atoms with Gasteiger partial charge in [0, 0.05) is 0 Å². The Morgan fingerprint density at radius 1 is 0.286 bits per heavy atom. The summed E-state index contributed by atoms with van der Waals surface area (Å²) in [5.74, 6) is 0. The first-order chi connectivity index (χ1) is 0. The molecule has 0 saturated carbocycles. The fourth-order valence-electron chi connectivity index (χ4n) is 0. The van der Waals surface area contributed by atoms with Crippen molar-refractivity contribution in [3.8, 4) is 0 Å². The summed E-state index contributed by atoms with van der Waals surface area (Å²) in [7, 11) is 0. The van der Waals surface area contributed by atoms with E-state index in [1.54, 1.807) is 0 Å². The minimum absolute atomic E-state index is 0. The Morgan fingerprint density at radius 2 is 0.286 bits per heavy atom. The summed E-state index contributed by atoms with van der Waals surface area (Å²) in [5.41, 5.74) is 0. The Labute approximate surface area is 97.1 Å². The van der Waals surface area contributed by atoms with Gasteiger partial charge >= 0.3 is 23.7 Å². The summed E-state index contributed by atoms with van der Waals surface area (Å²) in [5, 5.41) is 0. The molecule has 55 valence electrons. The molecule has 0 aliphatic carbocycles. The van der Waals surface area contributed by atoms with Crippen LogP contribution < -0.4 is 0 Å². The van der Waals surface area contributed by atoms with Crippen molar-refractivity contribution in [2.75, 3.05) is 0 Å². The van der Waals surface area contributed by atoms with E-state index in [0.29, 0.717) is 0 Å². The van der Waals surface area contributed by atoms with Gasteiger partial charge in [0.05, 0.1) is 0 Å². The molecular weight excluding hydrogens is 340 g/mol. The van der Waals surface area contributed by atoms with Crippen LogP contribution in [0.3, 0.4) is 0 Å². The van der Waals surface area contributed by atoms with Gasteiger partial charge in [-0.15, -0.1) is 74.4 Å². The second kappa shape index (κ2) is 75.6. The van der Waals surface area contributed by atoms with Gasteiger partial charge in [-0.2, -0.15) is 0 Å². The quantitative estimate of drug-likeness (QED) is 0.587. The van der Waals surface area contributed by atoms with Gasteiger partial charge < -0.3 is 0 Å². The molecule has 0 nitrogen and oxygen atoms in total. The molecule has 0 atom stereocenters. The van der Waals surface area contributed by atoms with Gasteiger partial charge in [0.25, 0.3) is 0 Å². The molecule has 0 heterocycles. The van der Waals surface area contributed by atoms with E-state index in [9.17, 15) is 0 Å². The molecular formula is H7Cl6Te. The predicted octanol–water partition coefficient (Wildman–Crippen LogP) is 1.88. The Balaban J connectivity index is 0. The SMILES string of the molecule is Cl.Cl.Cl.Cl.Cl.Cl.[TeH]. The molecule has 0 amide bonds. The van der Waals surface area contributed by atoms with Gasteiger partial charge in [-0.05, 0) is 0 Å². The number of hydrogen-bond donors (Lipinski definition) is 0. The van der Waals surface area contributed by atoms with E-state index in [1.165, 1.54) is 0 Å². The first-order valence-corrected chi connectivity index (χ1v) is 0. The van der Waals surface area contributed by atoms with E-state index in [0.717, 1.165) is 0 Å². The average Bonchev–Trinajstić information content (AvgIpc) is 0. The zero-order valence-electron chi connectivity index (χ0n) is 2.90. The normalized spacial score (nSPS) is 0. The molecule has 0 aromatic rings. The van der Waals surface area contributed by atoms with E-state index < -0.39 is 0 Å². The van der Waals surface area contributed by atoms with Crippen LogP contribution in [0.1, 0.15) is 0 Å². The Bertz CT molecular complexity index is 4.14. The van der Waals surface area contributed by atoms with E-state index in [1.807, 2.05) is 0 Å². The van der Waals surface area contributed by atoms with Crippen molar-refractivity contribution in [1.82, 2.24) is 0 Å². The van der Waals surface area contributed by atoms with Crippen LogP contribution in [0.25, 0.3) is 0 Å².